The summed E-state index contributed by atoms with van der Waals surface area (Å²) in [6, 6.07) is 13.2. The van der Waals surface area contributed by atoms with Gasteiger partial charge in [0.05, 0.1) is 24.8 Å². The molecule has 1 heterocycles. The van der Waals surface area contributed by atoms with Crippen LogP contribution in [0.15, 0.2) is 59.3 Å². The van der Waals surface area contributed by atoms with Crippen molar-refractivity contribution >= 4 is 46.7 Å². The normalized spacial score (nSPS) is 16.2. The van der Waals surface area contributed by atoms with Gasteiger partial charge in [-0.2, -0.15) is 0 Å². The van der Waals surface area contributed by atoms with Gasteiger partial charge in [0.25, 0.3) is 11.8 Å². The van der Waals surface area contributed by atoms with Crippen LogP contribution < -0.4 is 15.5 Å². The van der Waals surface area contributed by atoms with Gasteiger partial charge in [-0.05, 0) is 48.7 Å². The molecule has 0 radical (unpaired) electrons. The molecule has 2 N–H and O–H groups in total. The van der Waals surface area contributed by atoms with E-state index in [1.165, 1.54) is 25.3 Å². The van der Waals surface area contributed by atoms with E-state index in [9.17, 15) is 19.2 Å². The van der Waals surface area contributed by atoms with Gasteiger partial charge in [0.15, 0.2) is 0 Å². The van der Waals surface area contributed by atoms with Gasteiger partial charge in [0.1, 0.15) is 10.7 Å². The minimum Gasteiger partial charge on any atom is -0.465 e. The third-order valence-corrected chi connectivity index (χ3v) is 6.21. The Kier molecular flexibility index (Phi) is 6.98. The molecule has 34 heavy (non-hydrogen) atoms. The van der Waals surface area contributed by atoms with Crippen molar-refractivity contribution in [3.8, 4) is 0 Å². The maximum absolute atomic E-state index is 13.0. The molecule has 4 rings (SSSR count). The summed E-state index contributed by atoms with van der Waals surface area (Å²) in [5.74, 6) is -1.94. The first-order valence-electron chi connectivity index (χ1n) is 11.0. The second-order valence-electron chi connectivity index (χ2n) is 8.22. The first-order chi connectivity index (χ1) is 16.4. The summed E-state index contributed by atoms with van der Waals surface area (Å²) in [6.45, 7) is 0. The lowest BCUT2D eigenvalue weighted by molar-refractivity contribution is -0.122. The molecule has 8 nitrogen and oxygen atoms in total. The molecule has 1 saturated carbocycles. The smallest absolute Gasteiger partial charge is 0.337 e. The number of benzene rings is 2. The standard InChI is InChI=1S/C25H24ClN3O5/c1-34-25(33)16-5-4-8-19(14-16)29-23(31)21(26)22(24(29)32)28-18-11-9-15(10-12-18)13-20(30)27-17-6-2-3-7-17/h4-5,8-12,14,17,28H,2-3,6-7,13H2,1H3,(H,27,30). The molecule has 0 unspecified atom stereocenters. The van der Waals surface area contributed by atoms with Gasteiger partial charge in [-0.15, -0.1) is 0 Å². The third kappa shape index (κ3) is 4.97. The van der Waals surface area contributed by atoms with Gasteiger partial charge in [-0.1, -0.05) is 42.6 Å². The number of hydrogen-bond donors (Lipinski definition) is 2. The summed E-state index contributed by atoms with van der Waals surface area (Å²) >= 11 is 6.19. The van der Waals surface area contributed by atoms with Crippen LogP contribution in [0, 0.1) is 0 Å². The summed E-state index contributed by atoms with van der Waals surface area (Å²) in [5, 5.41) is 5.70. The van der Waals surface area contributed by atoms with Gasteiger partial charge in [-0.25, -0.2) is 9.69 Å². The maximum Gasteiger partial charge on any atom is 0.337 e. The third-order valence-electron chi connectivity index (χ3n) is 5.86. The molecule has 176 valence electrons. The Hall–Kier alpha value is -3.65. The number of ether oxygens (including phenoxy) is 1. The van der Waals surface area contributed by atoms with Crippen LogP contribution in [0.5, 0.6) is 0 Å². The van der Waals surface area contributed by atoms with E-state index in [1.807, 2.05) is 0 Å². The monoisotopic (exact) mass is 481 g/mol. The molecule has 1 fully saturated rings. The molecule has 1 aliphatic carbocycles. The van der Waals surface area contributed by atoms with Crippen molar-refractivity contribution in [3.05, 3.63) is 70.4 Å². The van der Waals surface area contributed by atoms with E-state index in [0.29, 0.717) is 5.69 Å². The number of halogens is 1. The highest BCUT2D eigenvalue weighted by atomic mass is 35.5. The van der Waals surface area contributed by atoms with Crippen LogP contribution in [0.4, 0.5) is 11.4 Å². The van der Waals surface area contributed by atoms with Crippen LogP contribution in [0.25, 0.3) is 0 Å². The zero-order chi connectivity index (χ0) is 24.2. The van der Waals surface area contributed by atoms with Crippen LogP contribution in [0.2, 0.25) is 0 Å². The molecule has 0 atom stereocenters. The van der Waals surface area contributed by atoms with Crippen LogP contribution in [-0.4, -0.2) is 36.8 Å². The topological polar surface area (TPSA) is 105 Å². The van der Waals surface area contributed by atoms with Gasteiger partial charge in [-0.3, -0.25) is 14.4 Å². The summed E-state index contributed by atoms with van der Waals surface area (Å²) in [7, 11) is 1.24. The Morgan fingerprint density at radius 1 is 1.06 bits per heavy atom. The Morgan fingerprint density at radius 2 is 1.76 bits per heavy atom. The zero-order valence-corrected chi connectivity index (χ0v) is 19.4. The van der Waals surface area contributed by atoms with E-state index >= 15 is 0 Å². The second kappa shape index (κ2) is 10.1. The van der Waals surface area contributed by atoms with Crippen molar-refractivity contribution in [2.24, 2.45) is 0 Å². The fourth-order valence-electron chi connectivity index (χ4n) is 4.12. The lowest BCUT2D eigenvalue weighted by Crippen LogP contribution is -2.33. The van der Waals surface area contributed by atoms with Crippen molar-refractivity contribution in [3.63, 3.8) is 0 Å². The molecule has 0 bridgehead atoms. The highest BCUT2D eigenvalue weighted by molar-refractivity contribution is 6.53. The van der Waals surface area contributed by atoms with Gasteiger partial charge in [0.2, 0.25) is 5.91 Å². The molecule has 2 aromatic rings. The Balaban J connectivity index is 1.43. The van der Waals surface area contributed by atoms with E-state index < -0.39 is 17.8 Å². The fourth-order valence-corrected chi connectivity index (χ4v) is 4.33. The summed E-state index contributed by atoms with van der Waals surface area (Å²) in [5.41, 5.74) is 1.71. The van der Waals surface area contributed by atoms with Crippen LogP contribution in [0.1, 0.15) is 41.6 Å². The van der Waals surface area contributed by atoms with E-state index in [2.05, 4.69) is 10.6 Å². The van der Waals surface area contributed by atoms with Crippen LogP contribution in [0.3, 0.4) is 0 Å². The molecule has 9 heteroatoms. The summed E-state index contributed by atoms with van der Waals surface area (Å²) in [6.07, 6.45) is 4.63. The molecular weight excluding hydrogens is 458 g/mol. The molecule has 0 spiro atoms. The molecule has 2 aliphatic rings. The molecule has 0 saturated heterocycles. The number of esters is 1. The number of nitrogens with zero attached hydrogens (tertiary/aromatic N) is 1. The lowest BCUT2D eigenvalue weighted by atomic mass is 10.1. The summed E-state index contributed by atoms with van der Waals surface area (Å²) < 4.78 is 4.69. The van der Waals surface area contributed by atoms with Crippen molar-refractivity contribution in [2.45, 2.75) is 38.1 Å². The van der Waals surface area contributed by atoms with E-state index in [-0.39, 0.29) is 40.4 Å². The predicted octanol–water partition coefficient (Wildman–Crippen LogP) is 3.51. The number of anilines is 2. The molecule has 1 aliphatic heterocycles. The highest BCUT2D eigenvalue weighted by Gasteiger charge is 2.39. The first-order valence-corrected chi connectivity index (χ1v) is 11.4. The van der Waals surface area contributed by atoms with E-state index in [4.69, 9.17) is 16.3 Å². The maximum atomic E-state index is 13.0. The number of imide groups is 1. The molecular formula is C25H24ClN3O5. The highest BCUT2D eigenvalue weighted by Crippen LogP contribution is 2.30. The number of amides is 3. The number of carbonyl (C=O) groups is 4. The number of rotatable bonds is 7. The minimum absolute atomic E-state index is 0.0141. The van der Waals surface area contributed by atoms with E-state index in [0.717, 1.165) is 36.1 Å². The average molecular weight is 482 g/mol. The quantitative estimate of drug-likeness (QED) is 0.463. The number of hydrogen-bond acceptors (Lipinski definition) is 6. The molecule has 3 amide bonds. The number of methoxy groups -OCH3 is 1. The van der Waals surface area contributed by atoms with Crippen molar-refractivity contribution in [2.75, 3.05) is 17.3 Å². The van der Waals surface area contributed by atoms with Gasteiger partial charge in [0, 0.05) is 11.7 Å². The number of nitrogens with one attached hydrogen (secondary N) is 2. The van der Waals surface area contributed by atoms with E-state index in [1.54, 1.807) is 30.3 Å². The Morgan fingerprint density at radius 3 is 2.44 bits per heavy atom. The first kappa shape index (κ1) is 23.5. The molecule has 2 aromatic carbocycles. The number of carbonyl (C=O) groups excluding carboxylic acids is 4. The Bertz CT molecular complexity index is 1170. The second-order valence-corrected chi connectivity index (χ2v) is 8.60. The lowest BCUT2D eigenvalue weighted by Gasteiger charge is -2.16. The minimum atomic E-state index is -0.698. The Labute approximate surface area is 201 Å². The SMILES string of the molecule is COC(=O)c1cccc(N2C(=O)C(Cl)=C(Nc3ccc(CC(=O)NC4CCCC4)cc3)C2=O)c1. The van der Waals surface area contributed by atoms with Crippen molar-refractivity contribution in [1.29, 1.82) is 0 Å². The predicted molar refractivity (Wildman–Crippen MR) is 127 cm³/mol. The van der Waals surface area contributed by atoms with Crippen molar-refractivity contribution < 1.29 is 23.9 Å². The average Bonchev–Trinajstić information content (AvgIpc) is 3.42. The van der Waals surface area contributed by atoms with Crippen molar-refractivity contribution in [1.82, 2.24) is 5.32 Å². The van der Waals surface area contributed by atoms with Gasteiger partial charge >= 0.3 is 5.97 Å². The molecule has 0 aromatic heterocycles. The van der Waals surface area contributed by atoms with Crippen LogP contribution >= 0.6 is 11.6 Å². The zero-order valence-electron chi connectivity index (χ0n) is 18.6. The largest absolute Gasteiger partial charge is 0.465 e. The van der Waals surface area contributed by atoms with Gasteiger partial charge < -0.3 is 15.4 Å². The summed E-state index contributed by atoms with van der Waals surface area (Å²) in [4.78, 5) is 50.6. The van der Waals surface area contributed by atoms with Crippen LogP contribution in [-0.2, 0) is 25.5 Å². The fraction of sp³-hybridized carbons (Fsp3) is 0.280.